The lowest BCUT2D eigenvalue weighted by molar-refractivity contribution is 0.0201. The van der Waals surface area contributed by atoms with Crippen molar-refractivity contribution in [1.82, 2.24) is 4.90 Å². The van der Waals surface area contributed by atoms with E-state index in [0.717, 1.165) is 0 Å². The first-order valence-corrected chi connectivity index (χ1v) is 5.08. The fourth-order valence-corrected chi connectivity index (χ4v) is 1.01. The summed E-state index contributed by atoms with van der Waals surface area (Å²) in [4.78, 5) is 12.8. The molecule has 1 amide bonds. The first-order chi connectivity index (χ1) is 6.76. The maximum absolute atomic E-state index is 11.5. The van der Waals surface area contributed by atoms with Gasteiger partial charge in [0.2, 0.25) is 0 Å². The van der Waals surface area contributed by atoms with Crippen LogP contribution in [0.1, 0.15) is 27.2 Å². The van der Waals surface area contributed by atoms with Gasteiger partial charge < -0.3 is 20.5 Å². The Morgan fingerprint density at radius 3 is 2.47 bits per heavy atom. The van der Waals surface area contributed by atoms with Crippen LogP contribution in [0, 0.1) is 0 Å². The molecule has 3 N–H and O–H groups in total. The standard InChI is InChI=1S/C10H22N2O3/c1-10(2,3)15-9(14)12(4)7-8(13)5-6-11/h8,13H,5-7,11H2,1-4H3. The molecular weight excluding hydrogens is 196 g/mol. The van der Waals surface area contributed by atoms with E-state index < -0.39 is 17.8 Å². The summed E-state index contributed by atoms with van der Waals surface area (Å²) in [7, 11) is 1.59. The van der Waals surface area contributed by atoms with Crippen molar-refractivity contribution in [3.05, 3.63) is 0 Å². The molecule has 0 aliphatic carbocycles. The molecule has 0 saturated heterocycles. The molecule has 0 aromatic rings. The molecule has 0 aromatic heterocycles. The van der Waals surface area contributed by atoms with Gasteiger partial charge in [-0.1, -0.05) is 0 Å². The van der Waals surface area contributed by atoms with Gasteiger partial charge in [-0.15, -0.1) is 0 Å². The molecule has 5 nitrogen and oxygen atoms in total. The van der Waals surface area contributed by atoms with Gasteiger partial charge >= 0.3 is 6.09 Å². The molecule has 0 aromatic carbocycles. The largest absolute Gasteiger partial charge is 0.444 e. The summed E-state index contributed by atoms with van der Waals surface area (Å²) >= 11 is 0. The number of nitrogens with zero attached hydrogens (tertiary/aromatic N) is 1. The fourth-order valence-electron chi connectivity index (χ4n) is 1.01. The van der Waals surface area contributed by atoms with Crippen LogP contribution in [0.3, 0.4) is 0 Å². The average molecular weight is 218 g/mol. The van der Waals surface area contributed by atoms with Gasteiger partial charge in [-0.25, -0.2) is 4.79 Å². The van der Waals surface area contributed by atoms with Gasteiger partial charge in [-0.05, 0) is 33.7 Å². The predicted octanol–water partition coefficient (Wildman–Crippen LogP) is 0.563. The predicted molar refractivity (Wildman–Crippen MR) is 58.5 cm³/mol. The highest BCUT2D eigenvalue weighted by Crippen LogP contribution is 2.09. The summed E-state index contributed by atoms with van der Waals surface area (Å²) in [6.45, 7) is 6.05. The third-order valence-corrected chi connectivity index (χ3v) is 1.69. The molecule has 15 heavy (non-hydrogen) atoms. The van der Waals surface area contributed by atoms with Crippen molar-refractivity contribution in [2.45, 2.75) is 38.9 Å². The number of aliphatic hydroxyl groups excluding tert-OH is 1. The van der Waals surface area contributed by atoms with E-state index >= 15 is 0 Å². The molecular formula is C10H22N2O3. The zero-order chi connectivity index (χ0) is 12.1. The van der Waals surface area contributed by atoms with Crippen LogP contribution in [0.4, 0.5) is 4.79 Å². The number of aliphatic hydroxyl groups is 1. The molecule has 0 rings (SSSR count). The van der Waals surface area contributed by atoms with E-state index in [1.807, 2.05) is 0 Å². The lowest BCUT2D eigenvalue weighted by atomic mass is 10.2. The molecule has 0 heterocycles. The minimum atomic E-state index is -0.590. The topological polar surface area (TPSA) is 75.8 Å². The van der Waals surface area contributed by atoms with Crippen molar-refractivity contribution in [2.75, 3.05) is 20.1 Å². The Labute approximate surface area is 91.2 Å². The minimum absolute atomic E-state index is 0.242. The van der Waals surface area contributed by atoms with Crippen LogP contribution in [0.2, 0.25) is 0 Å². The van der Waals surface area contributed by atoms with Crippen LogP contribution < -0.4 is 5.73 Å². The van der Waals surface area contributed by atoms with E-state index in [1.165, 1.54) is 4.90 Å². The van der Waals surface area contributed by atoms with E-state index in [2.05, 4.69) is 0 Å². The quantitative estimate of drug-likeness (QED) is 0.723. The number of ether oxygens (including phenoxy) is 1. The normalized spacial score (nSPS) is 13.5. The number of carbonyl (C=O) groups is 1. The Kier molecular flexibility index (Phi) is 5.60. The van der Waals surface area contributed by atoms with Crippen LogP contribution in [-0.4, -0.2) is 47.9 Å². The van der Waals surface area contributed by atoms with Crippen LogP contribution in [-0.2, 0) is 4.74 Å². The number of amides is 1. The van der Waals surface area contributed by atoms with E-state index in [4.69, 9.17) is 10.5 Å². The Bertz CT molecular complexity index is 201. The Balaban J connectivity index is 3.99. The summed E-state index contributed by atoms with van der Waals surface area (Å²) in [5.74, 6) is 0. The van der Waals surface area contributed by atoms with Crippen molar-refractivity contribution in [3.8, 4) is 0 Å². The number of hydrogen-bond donors (Lipinski definition) is 2. The third kappa shape index (κ3) is 7.16. The van der Waals surface area contributed by atoms with E-state index in [9.17, 15) is 9.90 Å². The van der Waals surface area contributed by atoms with Gasteiger partial charge in [0.15, 0.2) is 0 Å². The van der Waals surface area contributed by atoms with E-state index in [0.29, 0.717) is 13.0 Å². The molecule has 0 saturated carbocycles. The SMILES string of the molecule is CN(CC(O)CCN)C(=O)OC(C)(C)C. The summed E-state index contributed by atoms with van der Waals surface area (Å²) in [6, 6.07) is 0. The molecule has 0 spiro atoms. The van der Waals surface area contributed by atoms with Gasteiger partial charge in [-0.3, -0.25) is 0 Å². The molecule has 0 radical (unpaired) electrons. The van der Waals surface area contributed by atoms with Crippen molar-refractivity contribution < 1.29 is 14.6 Å². The number of carbonyl (C=O) groups excluding carboxylic acids is 1. The second-order valence-corrected chi connectivity index (χ2v) is 4.59. The first-order valence-electron chi connectivity index (χ1n) is 5.08. The zero-order valence-electron chi connectivity index (χ0n) is 9.99. The Hall–Kier alpha value is -0.810. The molecule has 5 heteroatoms. The van der Waals surface area contributed by atoms with Crippen molar-refractivity contribution in [2.24, 2.45) is 5.73 Å². The summed E-state index contributed by atoms with van der Waals surface area (Å²) in [5, 5.41) is 9.44. The van der Waals surface area contributed by atoms with Crippen LogP contribution >= 0.6 is 0 Å². The summed E-state index contributed by atoms with van der Waals surface area (Å²) < 4.78 is 5.12. The molecule has 0 aliphatic heterocycles. The highest BCUT2D eigenvalue weighted by Gasteiger charge is 2.20. The first kappa shape index (κ1) is 14.2. The molecule has 1 unspecified atom stereocenters. The van der Waals surface area contributed by atoms with Gasteiger partial charge in [0.05, 0.1) is 6.10 Å². The lowest BCUT2D eigenvalue weighted by Gasteiger charge is -2.25. The summed E-state index contributed by atoms with van der Waals surface area (Å²) in [5.41, 5.74) is 4.78. The number of hydrogen-bond acceptors (Lipinski definition) is 4. The van der Waals surface area contributed by atoms with E-state index in [1.54, 1.807) is 27.8 Å². The Morgan fingerprint density at radius 2 is 2.07 bits per heavy atom. The number of likely N-dealkylation sites (N-methyl/N-ethyl adjacent to an activating group) is 1. The smallest absolute Gasteiger partial charge is 0.410 e. The maximum Gasteiger partial charge on any atom is 0.410 e. The Morgan fingerprint density at radius 1 is 1.53 bits per heavy atom. The molecule has 90 valence electrons. The lowest BCUT2D eigenvalue weighted by Crippen LogP contribution is -2.39. The van der Waals surface area contributed by atoms with Gasteiger partial charge in [0.1, 0.15) is 5.60 Å². The summed E-state index contributed by atoms with van der Waals surface area (Å²) in [6.07, 6.45) is -0.543. The van der Waals surface area contributed by atoms with E-state index in [-0.39, 0.29) is 6.54 Å². The second-order valence-electron chi connectivity index (χ2n) is 4.59. The monoisotopic (exact) mass is 218 g/mol. The average Bonchev–Trinajstić information content (AvgIpc) is 2.00. The second kappa shape index (κ2) is 5.92. The molecule has 0 bridgehead atoms. The number of nitrogens with two attached hydrogens (primary N) is 1. The molecule has 0 aliphatic rings. The molecule has 0 fully saturated rings. The highest BCUT2D eigenvalue weighted by molar-refractivity contribution is 5.67. The van der Waals surface area contributed by atoms with Crippen molar-refractivity contribution >= 4 is 6.09 Å². The number of rotatable bonds is 4. The van der Waals surface area contributed by atoms with Crippen LogP contribution in [0.15, 0.2) is 0 Å². The van der Waals surface area contributed by atoms with Crippen LogP contribution in [0.25, 0.3) is 0 Å². The zero-order valence-corrected chi connectivity index (χ0v) is 9.99. The van der Waals surface area contributed by atoms with Crippen molar-refractivity contribution in [1.29, 1.82) is 0 Å². The van der Waals surface area contributed by atoms with Gasteiger partial charge in [0.25, 0.3) is 0 Å². The van der Waals surface area contributed by atoms with Crippen molar-refractivity contribution in [3.63, 3.8) is 0 Å². The molecule has 1 atom stereocenters. The maximum atomic E-state index is 11.5. The highest BCUT2D eigenvalue weighted by atomic mass is 16.6. The minimum Gasteiger partial charge on any atom is -0.444 e. The van der Waals surface area contributed by atoms with Crippen LogP contribution in [0.5, 0.6) is 0 Å². The fraction of sp³-hybridized carbons (Fsp3) is 0.900. The third-order valence-electron chi connectivity index (χ3n) is 1.69. The van der Waals surface area contributed by atoms with Gasteiger partial charge in [0, 0.05) is 13.6 Å². The van der Waals surface area contributed by atoms with Gasteiger partial charge in [-0.2, -0.15) is 0 Å².